The van der Waals surface area contributed by atoms with Crippen LogP contribution < -0.4 is 0 Å². The molecule has 0 aromatic rings. The molecule has 0 aliphatic rings. The Morgan fingerprint density at radius 2 is 1.44 bits per heavy atom. The van der Waals surface area contributed by atoms with Crippen molar-refractivity contribution in [3.63, 3.8) is 0 Å². The molecule has 0 aliphatic heterocycles. The van der Waals surface area contributed by atoms with Crippen LogP contribution in [-0.2, 0) is 0 Å². The minimum Gasteiger partial charge on any atom is -0.128 e. The summed E-state index contributed by atoms with van der Waals surface area (Å²) in [6, 6.07) is 0. The Morgan fingerprint density at radius 3 is 1.78 bits per heavy atom. The molecular formula is C8H14Mg. The van der Waals surface area contributed by atoms with Gasteiger partial charge < -0.3 is 0 Å². The first-order valence-electron chi connectivity index (χ1n) is 3.64. The van der Waals surface area contributed by atoms with Gasteiger partial charge in [-0.3, -0.25) is 0 Å². The molecular weight excluding hydrogens is 120 g/mol. The van der Waals surface area contributed by atoms with E-state index in [4.69, 9.17) is 0 Å². The zero-order chi connectivity index (χ0) is 6.95. The molecule has 0 unspecified atom stereocenters. The highest BCUT2D eigenvalue weighted by atomic mass is 24.5. The minimum atomic E-state index is 0.216. The van der Waals surface area contributed by atoms with E-state index in [1.54, 1.807) is 0 Å². The quantitative estimate of drug-likeness (QED) is 0.315. The van der Waals surface area contributed by atoms with E-state index in [9.17, 15) is 0 Å². The van der Waals surface area contributed by atoms with Crippen LogP contribution in [0.2, 0.25) is 9.10 Å². The fraction of sp³-hybridized carbons (Fsp3) is 0.500. The molecule has 0 aromatic heterocycles. The van der Waals surface area contributed by atoms with Gasteiger partial charge in [-0.25, -0.2) is 0 Å². The largest absolute Gasteiger partial charge is 0.375 e. The average Bonchev–Trinajstić information content (AvgIpc) is 1.89. The van der Waals surface area contributed by atoms with E-state index in [1.165, 1.54) is 9.10 Å². The fourth-order valence-electron chi connectivity index (χ4n) is 0.687. The molecule has 9 heavy (non-hydrogen) atoms. The lowest BCUT2D eigenvalue weighted by atomic mass is 10.6. The number of hydrogen-bond donors (Lipinski definition) is 0. The van der Waals surface area contributed by atoms with Crippen molar-refractivity contribution in [3.05, 3.63) is 24.3 Å². The Balaban J connectivity index is 2.91. The van der Waals surface area contributed by atoms with E-state index >= 15 is 0 Å². The van der Waals surface area contributed by atoms with Crippen molar-refractivity contribution in [3.8, 4) is 0 Å². The molecule has 0 radical (unpaired) electrons. The lowest BCUT2D eigenvalue weighted by Crippen LogP contribution is -1.81. The van der Waals surface area contributed by atoms with Crippen LogP contribution in [-0.4, -0.2) is 20.4 Å². The van der Waals surface area contributed by atoms with Crippen LogP contribution in [0.1, 0.15) is 13.8 Å². The lowest BCUT2D eigenvalue weighted by molar-refractivity contribution is 1.53. The van der Waals surface area contributed by atoms with Crippen molar-refractivity contribution in [2.75, 3.05) is 0 Å². The summed E-state index contributed by atoms with van der Waals surface area (Å²) in [5.74, 6) is 0. The molecule has 0 rings (SSSR count). The van der Waals surface area contributed by atoms with Gasteiger partial charge in [-0.1, -0.05) is 12.2 Å². The molecule has 0 N–H and O–H groups in total. The van der Waals surface area contributed by atoms with Gasteiger partial charge in [0.25, 0.3) is 0 Å². The molecule has 0 spiro atoms. The highest BCUT2D eigenvalue weighted by molar-refractivity contribution is 6.36. The van der Waals surface area contributed by atoms with Gasteiger partial charge >= 0.3 is 20.4 Å². The second-order valence-corrected chi connectivity index (χ2v) is 3.93. The van der Waals surface area contributed by atoms with Crippen molar-refractivity contribution in [2.45, 2.75) is 22.9 Å². The second kappa shape index (κ2) is 8.25. The predicted octanol–water partition coefficient (Wildman–Crippen LogP) is 2.68. The summed E-state index contributed by atoms with van der Waals surface area (Å²) in [5.41, 5.74) is 0. The third-order valence-electron chi connectivity index (χ3n) is 1.21. The van der Waals surface area contributed by atoms with Crippen molar-refractivity contribution in [1.82, 2.24) is 0 Å². The molecule has 0 fully saturated rings. The Kier molecular flexibility index (Phi) is 8.47. The zero-order valence-corrected chi connectivity index (χ0v) is 7.84. The molecule has 0 aromatic carbocycles. The topological polar surface area (TPSA) is 0 Å². The Hall–Kier alpha value is 0.246. The minimum absolute atomic E-state index is 0.216. The third kappa shape index (κ3) is 8.25. The summed E-state index contributed by atoms with van der Waals surface area (Å²) in [6.07, 6.45) is 8.83. The van der Waals surface area contributed by atoms with E-state index in [0.29, 0.717) is 0 Å². The van der Waals surface area contributed by atoms with Gasteiger partial charge in [-0.15, -0.1) is 21.3 Å². The molecule has 0 atom stereocenters. The van der Waals surface area contributed by atoms with Crippen LogP contribution in [0.15, 0.2) is 24.3 Å². The van der Waals surface area contributed by atoms with E-state index in [-0.39, 0.29) is 20.4 Å². The maximum absolute atomic E-state index is 2.27. The normalized spacial score (nSPS) is 10.9. The van der Waals surface area contributed by atoms with Crippen molar-refractivity contribution >= 4 is 20.4 Å². The first-order chi connectivity index (χ1) is 4.41. The van der Waals surface area contributed by atoms with E-state index in [1.807, 2.05) is 0 Å². The molecule has 1 heteroatoms. The zero-order valence-electron chi connectivity index (χ0n) is 6.43. The highest BCUT2D eigenvalue weighted by Gasteiger charge is 1.85. The lowest BCUT2D eigenvalue weighted by Gasteiger charge is -1.82. The fourth-order valence-corrected chi connectivity index (χ4v) is 2.06. The SMILES string of the molecule is CC=C[CH2][Mg][CH2]C=CC. The van der Waals surface area contributed by atoms with E-state index < -0.39 is 0 Å². The van der Waals surface area contributed by atoms with Crippen molar-refractivity contribution < 1.29 is 0 Å². The van der Waals surface area contributed by atoms with Crippen molar-refractivity contribution in [1.29, 1.82) is 0 Å². The van der Waals surface area contributed by atoms with Gasteiger partial charge in [0.05, 0.1) is 0 Å². The third-order valence-corrected chi connectivity index (χ3v) is 2.70. The first kappa shape index (κ1) is 9.25. The van der Waals surface area contributed by atoms with Crippen LogP contribution in [0, 0.1) is 0 Å². The Bertz CT molecular complexity index is 80.7. The van der Waals surface area contributed by atoms with E-state index in [0.717, 1.165) is 0 Å². The molecule has 0 saturated heterocycles. The Labute approximate surface area is 67.8 Å². The van der Waals surface area contributed by atoms with Crippen LogP contribution in [0.25, 0.3) is 0 Å². The van der Waals surface area contributed by atoms with Gasteiger partial charge in [-0.2, -0.15) is 0 Å². The first-order valence-corrected chi connectivity index (χ1v) is 5.64. The number of hydrogen-bond acceptors (Lipinski definition) is 0. The summed E-state index contributed by atoms with van der Waals surface area (Å²) >= 11 is 0.216. The standard InChI is InChI=1S/2C4H7.Mg/c2*1-3-4-2;/h2*3-4H,1H2,2H3;. The Morgan fingerprint density at radius 1 is 1.00 bits per heavy atom. The smallest absolute Gasteiger partial charge is 0.128 e. The average molecular weight is 135 g/mol. The van der Waals surface area contributed by atoms with Gasteiger partial charge in [0, 0.05) is 0 Å². The van der Waals surface area contributed by atoms with Crippen LogP contribution in [0.3, 0.4) is 0 Å². The molecule has 0 amide bonds. The summed E-state index contributed by atoms with van der Waals surface area (Å²) in [6.45, 7) is 4.17. The molecule has 0 nitrogen and oxygen atoms in total. The van der Waals surface area contributed by atoms with Crippen LogP contribution in [0.5, 0.6) is 0 Å². The molecule has 0 heterocycles. The summed E-state index contributed by atoms with van der Waals surface area (Å²) in [4.78, 5) is 0. The predicted molar refractivity (Wildman–Crippen MR) is 45.0 cm³/mol. The van der Waals surface area contributed by atoms with Gasteiger partial charge in [0.1, 0.15) is 0 Å². The number of allylic oxidation sites excluding steroid dienone is 4. The van der Waals surface area contributed by atoms with Gasteiger partial charge in [0.15, 0.2) is 0 Å². The summed E-state index contributed by atoms with van der Waals surface area (Å²) < 4.78 is 2.72. The number of rotatable bonds is 4. The molecule has 0 aliphatic carbocycles. The maximum Gasteiger partial charge on any atom is 0.375 e. The summed E-state index contributed by atoms with van der Waals surface area (Å²) in [5, 5.41) is 0. The second-order valence-electron chi connectivity index (χ2n) is 2.07. The summed E-state index contributed by atoms with van der Waals surface area (Å²) in [7, 11) is 0. The van der Waals surface area contributed by atoms with Gasteiger partial charge in [-0.05, 0) is 13.8 Å². The van der Waals surface area contributed by atoms with Crippen LogP contribution >= 0.6 is 0 Å². The maximum atomic E-state index is 2.27. The molecule has 48 valence electrons. The molecule has 0 saturated carbocycles. The van der Waals surface area contributed by atoms with Crippen molar-refractivity contribution in [2.24, 2.45) is 0 Å². The molecule has 0 bridgehead atoms. The highest BCUT2D eigenvalue weighted by Crippen LogP contribution is 1.88. The van der Waals surface area contributed by atoms with E-state index in [2.05, 4.69) is 38.2 Å². The van der Waals surface area contributed by atoms with Crippen LogP contribution in [0.4, 0.5) is 0 Å². The monoisotopic (exact) mass is 134 g/mol. The van der Waals surface area contributed by atoms with Gasteiger partial charge in [0.2, 0.25) is 0 Å².